The van der Waals surface area contributed by atoms with Crippen molar-refractivity contribution in [1.29, 1.82) is 0 Å². The molecule has 5 rings (SSSR count). The molecule has 4 heterocycles. The first kappa shape index (κ1) is 20.2. The van der Waals surface area contributed by atoms with E-state index in [1.165, 1.54) is 0 Å². The summed E-state index contributed by atoms with van der Waals surface area (Å²) >= 11 is 0. The molecule has 1 amide bonds. The summed E-state index contributed by atoms with van der Waals surface area (Å²) in [6, 6.07) is 11.6. The van der Waals surface area contributed by atoms with Gasteiger partial charge in [0.2, 0.25) is 0 Å². The molecule has 1 unspecified atom stereocenters. The summed E-state index contributed by atoms with van der Waals surface area (Å²) in [4.78, 5) is 15.3. The third-order valence-corrected chi connectivity index (χ3v) is 5.27. The van der Waals surface area contributed by atoms with Gasteiger partial charge in [0.15, 0.2) is 0 Å². The molecule has 3 aromatic rings. The Morgan fingerprint density at radius 1 is 1.20 bits per heavy atom. The van der Waals surface area contributed by atoms with Gasteiger partial charge in [0.1, 0.15) is 17.5 Å². The summed E-state index contributed by atoms with van der Waals surface area (Å²) in [5.41, 5.74) is 4.29. The fraction of sp³-hybridized carbons (Fsp3) is 0.364. The highest BCUT2D eigenvalue weighted by atomic mass is 16.5. The van der Waals surface area contributed by atoms with Crippen LogP contribution in [0.15, 0.2) is 42.6 Å². The first-order valence-electron chi connectivity index (χ1n) is 10.0. The van der Waals surface area contributed by atoms with Crippen LogP contribution in [0, 0.1) is 0 Å². The lowest BCUT2D eigenvalue weighted by molar-refractivity contribution is 0.102. The van der Waals surface area contributed by atoms with E-state index in [1.807, 2.05) is 30.3 Å². The maximum atomic E-state index is 13.0. The molecule has 30 heavy (non-hydrogen) atoms. The predicted molar refractivity (Wildman–Crippen MR) is 115 cm³/mol. The fourth-order valence-electron chi connectivity index (χ4n) is 3.92. The van der Waals surface area contributed by atoms with Crippen LogP contribution in [0.5, 0.6) is 5.75 Å². The fourth-order valence-corrected chi connectivity index (χ4v) is 3.92. The van der Waals surface area contributed by atoms with Gasteiger partial charge in [-0.15, -0.1) is 0 Å². The van der Waals surface area contributed by atoms with Crippen molar-refractivity contribution in [2.24, 2.45) is 0 Å². The maximum Gasteiger partial charge on any atom is 0.274 e. The van der Waals surface area contributed by atoms with Crippen LogP contribution in [0.2, 0.25) is 0 Å². The van der Waals surface area contributed by atoms with Gasteiger partial charge in [-0.1, -0.05) is 0 Å². The van der Waals surface area contributed by atoms with Crippen molar-refractivity contribution in [3.63, 3.8) is 0 Å². The van der Waals surface area contributed by atoms with Crippen molar-refractivity contribution < 1.29 is 19.4 Å². The van der Waals surface area contributed by atoms with Gasteiger partial charge in [-0.3, -0.25) is 4.79 Å². The number of hydrogen-bond donors (Lipinski definition) is 2. The van der Waals surface area contributed by atoms with Gasteiger partial charge in [-0.25, -0.2) is 4.52 Å². The van der Waals surface area contributed by atoms with E-state index in [1.54, 1.807) is 16.8 Å². The molecule has 2 aliphatic heterocycles. The number of anilines is 2. The van der Waals surface area contributed by atoms with Crippen LogP contribution in [-0.4, -0.2) is 60.1 Å². The molecule has 1 saturated heterocycles. The highest BCUT2D eigenvalue weighted by Gasteiger charge is 2.25. The highest BCUT2D eigenvalue weighted by Crippen LogP contribution is 2.39. The number of carbonyl (C=O) groups excluding carboxylic acids is 1. The summed E-state index contributed by atoms with van der Waals surface area (Å²) in [6.45, 7) is 4.98. The first-order chi connectivity index (χ1) is 14.7. The zero-order valence-corrected chi connectivity index (χ0v) is 17.2. The molecule has 0 radical (unpaired) electrons. The Balaban J connectivity index is 0.00000106. The summed E-state index contributed by atoms with van der Waals surface area (Å²) in [5, 5.41) is 14.4. The number of aliphatic hydroxyl groups excluding tert-OH is 1. The van der Waals surface area contributed by atoms with E-state index in [9.17, 15) is 4.79 Å². The molecule has 0 spiro atoms. The predicted octanol–water partition coefficient (Wildman–Crippen LogP) is 2.36. The van der Waals surface area contributed by atoms with Gasteiger partial charge < -0.3 is 24.8 Å². The molecule has 1 aromatic carbocycles. The molecule has 2 aliphatic rings. The normalized spacial score (nSPS) is 17.7. The molecule has 158 valence electrons. The number of hydrogen-bond acceptors (Lipinski definition) is 6. The van der Waals surface area contributed by atoms with Gasteiger partial charge in [0.25, 0.3) is 5.91 Å². The number of aliphatic hydroxyl groups is 1. The number of benzene rings is 1. The van der Waals surface area contributed by atoms with E-state index in [0.29, 0.717) is 18.9 Å². The van der Waals surface area contributed by atoms with Gasteiger partial charge in [-0.2, -0.15) is 5.10 Å². The van der Waals surface area contributed by atoms with Gasteiger partial charge in [0, 0.05) is 44.4 Å². The molecule has 2 aromatic heterocycles. The SMILES string of the molecule is CC1Cc2cc(NC(=O)c3ccc4cccnn34)c(N3CCOCC3)cc2O1.CO. The van der Waals surface area contributed by atoms with E-state index in [0.717, 1.165) is 54.8 Å². The molecule has 1 fully saturated rings. The second-order valence-electron chi connectivity index (χ2n) is 7.24. The van der Waals surface area contributed by atoms with Gasteiger partial charge in [0.05, 0.1) is 30.1 Å². The van der Waals surface area contributed by atoms with E-state index in [-0.39, 0.29) is 12.0 Å². The number of carbonyl (C=O) groups is 1. The Hall–Kier alpha value is -3.10. The summed E-state index contributed by atoms with van der Waals surface area (Å²) in [5.74, 6) is 0.724. The number of nitrogens with one attached hydrogen (secondary N) is 1. The average molecular weight is 410 g/mol. The standard InChI is InChI=1S/C21H22N4O3.CH4O/c1-14-11-15-12-17(19(13-20(15)28-14)24-7-9-27-10-8-24)23-21(26)18-5-4-16-3-2-6-22-25(16)18;1-2/h2-6,12-14H,7-11H2,1H3,(H,23,26);2H,1H3. The quantitative estimate of drug-likeness (QED) is 0.689. The smallest absolute Gasteiger partial charge is 0.274 e. The van der Waals surface area contributed by atoms with Gasteiger partial charge in [-0.05, 0) is 37.3 Å². The van der Waals surface area contributed by atoms with Crippen LogP contribution in [0.3, 0.4) is 0 Å². The molecule has 1 atom stereocenters. The van der Waals surface area contributed by atoms with Crippen LogP contribution in [0.25, 0.3) is 5.52 Å². The average Bonchev–Trinajstić information content (AvgIpc) is 3.37. The third-order valence-electron chi connectivity index (χ3n) is 5.27. The first-order valence-corrected chi connectivity index (χ1v) is 10.0. The van der Waals surface area contributed by atoms with Crippen molar-refractivity contribution in [2.75, 3.05) is 43.6 Å². The second kappa shape index (κ2) is 8.73. The molecular formula is C22H26N4O4. The number of morpholine rings is 1. The molecule has 8 nitrogen and oxygen atoms in total. The number of nitrogens with zero attached hydrogens (tertiary/aromatic N) is 3. The second-order valence-corrected chi connectivity index (χ2v) is 7.24. The van der Waals surface area contributed by atoms with Crippen LogP contribution in [0.4, 0.5) is 11.4 Å². The van der Waals surface area contributed by atoms with E-state index < -0.39 is 0 Å². The number of rotatable bonds is 3. The monoisotopic (exact) mass is 410 g/mol. The molecule has 0 bridgehead atoms. The molecule has 0 saturated carbocycles. The minimum Gasteiger partial charge on any atom is -0.490 e. The van der Waals surface area contributed by atoms with Gasteiger partial charge >= 0.3 is 0 Å². The minimum absolute atomic E-state index is 0.150. The number of fused-ring (bicyclic) bond motifs is 2. The highest BCUT2D eigenvalue weighted by molar-refractivity contribution is 6.05. The van der Waals surface area contributed by atoms with Crippen LogP contribution >= 0.6 is 0 Å². The Morgan fingerprint density at radius 2 is 2.00 bits per heavy atom. The van der Waals surface area contributed by atoms with Crippen LogP contribution in [-0.2, 0) is 11.2 Å². The Morgan fingerprint density at radius 3 is 2.80 bits per heavy atom. The minimum atomic E-state index is -0.180. The van der Waals surface area contributed by atoms with Crippen molar-refractivity contribution in [2.45, 2.75) is 19.4 Å². The van der Waals surface area contributed by atoms with Crippen LogP contribution in [0.1, 0.15) is 23.0 Å². The zero-order valence-electron chi connectivity index (χ0n) is 17.2. The van der Waals surface area contributed by atoms with E-state index in [2.05, 4.69) is 22.2 Å². The molecule has 2 N–H and O–H groups in total. The zero-order chi connectivity index (χ0) is 21.1. The van der Waals surface area contributed by atoms with E-state index >= 15 is 0 Å². The largest absolute Gasteiger partial charge is 0.490 e. The number of amides is 1. The van der Waals surface area contributed by atoms with Crippen molar-refractivity contribution in [1.82, 2.24) is 9.61 Å². The van der Waals surface area contributed by atoms with Crippen molar-refractivity contribution >= 4 is 22.8 Å². The molecular weight excluding hydrogens is 384 g/mol. The lowest BCUT2D eigenvalue weighted by Crippen LogP contribution is -2.36. The third kappa shape index (κ3) is 3.83. The lowest BCUT2D eigenvalue weighted by atomic mass is 10.1. The van der Waals surface area contributed by atoms with Crippen molar-refractivity contribution in [3.8, 4) is 5.75 Å². The Labute approximate surface area is 175 Å². The topological polar surface area (TPSA) is 88.3 Å². The summed E-state index contributed by atoms with van der Waals surface area (Å²) < 4.78 is 13.1. The summed E-state index contributed by atoms with van der Waals surface area (Å²) in [7, 11) is 1.00. The van der Waals surface area contributed by atoms with Crippen LogP contribution < -0.4 is 15.0 Å². The molecule has 8 heteroatoms. The molecule has 0 aliphatic carbocycles. The Bertz CT molecular complexity index is 1040. The summed E-state index contributed by atoms with van der Waals surface area (Å²) in [6.07, 6.45) is 2.67. The number of aromatic nitrogens is 2. The van der Waals surface area contributed by atoms with E-state index in [4.69, 9.17) is 14.6 Å². The number of ether oxygens (including phenoxy) is 2. The maximum absolute atomic E-state index is 13.0. The lowest BCUT2D eigenvalue weighted by Gasteiger charge is -2.31. The Kier molecular flexibility index (Phi) is 5.87. The van der Waals surface area contributed by atoms with Crippen molar-refractivity contribution in [3.05, 3.63) is 53.9 Å².